The van der Waals surface area contributed by atoms with E-state index in [0.717, 1.165) is 16.6 Å². The molecular weight excluding hydrogens is 641 g/mol. The Morgan fingerprint density at radius 2 is 0.792 bits per heavy atom. The summed E-state index contributed by atoms with van der Waals surface area (Å²) in [6.07, 6.45) is 0. The highest BCUT2D eigenvalue weighted by atomic mass is 16.3. The zero-order chi connectivity index (χ0) is 35.3. The van der Waals surface area contributed by atoms with Crippen molar-refractivity contribution in [2.45, 2.75) is 24.7 Å². The average Bonchev–Trinajstić information content (AvgIpc) is 3.84. The minimum absolute atomic E-state index is 0.637. The van der Waals surface area contributed by atoms with Crippen LogP contribution >= 0.6 is 0 Å². The maximum atomic E-state index is 7.19. The van der Waals surface area contributed by atoms with E-state index in [-0.39, 0.29) is 0 Å². The first-order chi connectivity index (χ1) is 26.1. The van der Waals surface area contributed by atoms with E-state index in [0.29, 0.717) is 0 Å². The zero-order valence-corrected chi connectivity index (χ0v) is 29.7. The quantitative estimate of drug-likeness (QED) is 0.181. The Hall–Kier alpha value is -6.44. The van der Waals surface area contributed by atoms with Crippen molar-refractivity contribution in [3.63, 3.8) is 0 Å². The average molecular weight is 677 g/mol. The van der Waals surface area contributed by atoms with Gasteiger partial charge in [-0.2, -0.15) is 0 Å². The number of furan rings is 1. The number of hydrogen-bond donors (Lipinski definition) is 0. The second-order valence-corrected chi connectivity index (χ2v) is 14.9. The first kappa shape index (κ1) is 30.2. The minimum Gasteiger partial charge on any atom is -0.455 e. The molecule has 0 unspecified atom stereocenters. The van der Waals surface area contributed by atoms with E-state index < -0.39 is 10.8 Å². The summed E-state index contributed by atoms with van der Waals surface area (Å²) >= 11 is 0. The van der Waals surface area contributed by atoms with E-state index in [1.54, 1.807) is 0 Å². The topological polar surface area (TPSA) is 13.1 Å². The molecule has 0 atom stereocenters. The summed E-state index contributed by atoms with van der Waals surface area (Å²) in [4.78, 5) is 0. The molecule has 250 valence electrons. The fourth-order valence-electron chi connectivity index (χ4n) is 10.2. The molecule has 0 radical (unpaired) electrons. The highest BCUT2D eigenvalue weighted by Gasteiger charge is 2.57. The number of fused-ring (bicyclic) bond motifs is 12. The molecule has 1 nitrogen and oxygen atoms in total. The predicted molar refractivity (Wildman–Crippen MR) is 218 cm³/mol. The van der Waals surface area contributed by atoms with Gasteiger partial charge in [0.15, 0.2) is 0 Å². The highest BCUT2D eigenvalue weighted by molar-refractivity contribution is 6.21. The van der Waals surface area contributed by atoms with Crippen LogP contribution in [0.2, 0.25) is 0 Å². The Morgan fingerprint density at radius 1 is 0.396 bits per heavy atom. The molecule has 0 saturated carbocycles. The van der Waals surface area contributed by atoms with E-state index in [4.69, 9.17) is 4.42 Å². The molecule has 2 aliphatic rings. The van der Waals surface area contributed by atoms with Gasteiger partial charge in [0.1, 0.15) is 11.2 Å². The number of benzene rings is 8. The second kappa shape index (κ2) is 11.0. The summed E-state index contributed by atoms with van der Waals surface area (Å²) in [6, 6.07) is 67.7. The van der Waals surface area contributed by atoms with Crippen LogP contribution in [0, 0.1) is 13.8 Å². The van der Waals surface area contributed by atoms with Gasteiger partial charge in [0.2, 0.25) is 0 Å². The maximum absolute atomic E-state index is 7.19. The summed E-state index contributed by atoms with van der Waals surface area (Å²) in [5, 5.41) is 2.34. The summed E-state index contributed by atoms with van der Waals surface area (Å²) in [7, 11) is 0. The third-order valence-electron chi connectivity index (χ3n) is 12.1. The second-order valence-electron chi connectivity index (χ2n) is 14.9. The molecule has 8 aromatic carbocycles. The summed E-state index contributed by atoms with van der Waals surface area (Å²) in [5.41, 5.74) is 18.3. The van der Waals surface area contributed by atoms with Crippen molar-refractivity contribution >= 4 is 21.9 Å². The van der Waals surface area contributed by atoms with Crippen molar-refractivity contribution in [3.8, 4) is 22.3 Å². The standard InChI is InChI=1S/C52H36O/c1-33-27-29-39-42(31-33)51(35-17-7-3-8-18-35,36-19-9-4-10-20-36)48-45(39)46-41-25-15-16-26-44(41)53-50(46)47-40-30-28-34(2)32-43(40)52(49(47)48,37-21-11-5-12-22-37)38-23-13-6-14-24-38/h3-32H,1-2H3. The predicted octanol–water partition coefficient (Wildman–Crippen LogP) is 12.9. The zero-order valence-electron chi connectivity index (χ0n) is 29.7. The normalized spacial score (nSPS) is 14.5. The molecule has 0 spiro atoms. The molecule has 1 heterocycles. The van der Waals surface area contributed by atoms with E-state index in [9.17, 15) is 0 Å². The van der Waals surface area contributed by atoms with Gasteiger partial charge >= 0.3 is 0 Å². The lowest BCUT2D eigenvalue weighted by Gasteiger charge is -2.41. The third kappa shape index (κ3) is 3.81. The molecule has 0 fully saturated rings. The lowest BCUT2D eigenvalue weighted by Crippen LogP contribution is -2.35. The van der Waals surface area contributed by atoms with Crippen molar-refractivity contribution in [2.24, 2.45) is 0 Å². The van der Waals surface area contributed by atoms with Crippen LogP contribution in [-0.2, 0) is 10.8 Å². The summed E-state index contributed by atoms with van der Waals surface area (Å²) in [6.45, 7) is 4.45. The Kier molecular flexibility index (Phi) is 6.29. The minimum atomic E-state index is -0.650. The molecule has 1 heteroatoms. The smallest absolute Gasteiger partial charge is 0.144 e. The SMILES string of the molecule is Cc1ccc2c(c1)C(c1ccccc1)(c1ccccc1)c1c3c(c4c(oc5ccccc54)c1-2)-c1ccc(C)cc1C3(c1ccccc1)c1ccccc1. The van der Waals surface area contributed by atoms with Crippen LogP contribution in [0.1, 0.15) is 55.6 Å². The molecular formula is C52H36O. The molecule has 0 amide bonds. The van der Waals surface area contributed by atoms with Crippen molar-refractivity contribution in [2.75, 3.05) is 0 Å². The van der Waals surface area contributed by atoms with Gasteiger partial charge in [0.25, 0.3) is 0 Å². The van der Waals surface area contributed by atoms with E-state index in [1.165, 1.54) is 83.3 Å². The number of para-hydroxylation sites is 1. The summed E-state index contributed by atoms with van der Waals surface area (Å²) < 4.78 is 7.19. The van der Waals surface area contributed by atoms with Gasteiger partial charge in [-0.1, -0.05) is 187 Å². The van der Waals surface area contributed by atoms with Crippen LogP contribution in [0.5, 0.6) is 0 Å². The third-order valence-corrected chi connectivity index (χ3v) is 12.1. The van der Waals surface area contributed by atoms with Crippen molar-refractivity contribution in [1.29, 1.82) is 0 Å². The van der Waals surface area contributed by atoms with Crippen LogP contribution in [0.15, 0.2) is 186 Å². The van der Waals surface area contributed by atoms with Gasteiger partial charge in [-0.05, 0) is 81.1 Å². The van der Waals surface area contributed by atoms with Crippen LogP contribution in [0.3, 0.4) is 0 Å². The van der Waals surface area contributed by atoms with E-state index >= 15 is 0 Å². The lowest BCUT2D eigenvalue weighted by molar-refractivity contribution is 0.666. The largest absolute Gasteiger partial charge is 0.455 e. The highest BCUT2D eigenvalue weighted by Crippen LogP contribution is 2.68. The van der Waals surface area contributed by atoms with Crippen LogP contribution in [0.4, 0.5) is 0 Å². The van der Waals surface area contributed by atoms with Crippen molar-refractivity contribution < 1.29 is 4.42 Å². The van der Waals surface area contributed by atoms with Gasteiger partial charge in [-0.3, -0.25) is 0 Å². The van der Waals surface area contributed by atoms with Crippen molar-refractivity contribution in [3.05, 3.63) is 238 Å². The number of aryl methyl sites for hydroxylation is 2. The molecule has 53 heavy (non-hydrogen) atoms. The lowest BCUT2D eigenvalue weighted by atomic mass is 9.60. The summed E-state index contributed by atoms with van der Waals surface area (Å²) in [5.74, 6) is 0. The van der Waals surface area contributed by atoms with Crippen LogP contribution in [0.25, 0.3) is 44.2 Å². The molecule has 2 aliphatic carbocycles. The Balaban J connectivity index is 1.50. The number of rotatable bonds is 4. The van der Waals surface area contributed by atoms with Gasteiger partial charge in [0.05, 0.1) is 10.8 Å². The molecule has 1 aromatic heterocycles. The first-order valence-corrected chi connectivity index (χ1v) is 18.6. The fourth-order valence-corrected chi connectivity index (χ4v) is 10.2. The molecule has 0 N–H and O–H groups in total. The molecule has 0 aliphatic heterocycles. The maximum Gasteiger partial charge on any atom is 0.144 e. The van der Waals surface area contributed by atoms with E-state index in [2.05, 4.69) is 196 Å². The number of hydrogen-bond acceptors (Lipinski definition) is 1. The fraction of sp³-hybridized carbons (Fsp3) is 0.0769. The Labute approximate surface area is 309 Å². The van der Waals surface area contributed by atoms with Gasteiger partial charge in [-0.25, -0.2) is 0 Å². The van der Waals surface area contributed by atoms with Crippen LogP contribution < -0.4 is 0 Å². The van der Waals surface area contributed by atoms with Gasteiger partial charge in [-0.15, -0.1) is 0 Å². The first-order valence-electron chi connectivity index (χ1n) is 18.6. The molecule has 9 aromatic rings. The monoisotopic (exact) mass is 676 g/mol. The van der Waals surface area contributed by atoms with Crippen molar-refractivity contribution in [1.82, 2.24) is 0 Å². The van der Waals surface area contributed by atoms with E-state index in [1.807, 2.05) is 0 Å². The molecule has 11 rings (SSSR count). The Bertz CT molecular complexity index is 2800. The molecule has 0 saturated heterocycles. The molecule has 0 bridgehead atoms. The van der Waals surface area contributed by atoms with Crippen LogP contribution in [-0.4, -0.2) is 0 Å². The van der Waals surface area contributed by atoms with Gasteiger partial charge < -0.3 is 4.42 Å². The van der Waals surface area contributed by atoms with Gasteiger partial charge in [0, 0.05) is 16.3 Å². The Morgan fingerprint density at radius 3 is 1.26 bits per heavy atom.